The maximum Gasteiger partial charge on any atom is 0.188 e. The molecule has 2 rings (SSSR count). The van der Waals surface area contributed by atoms with Crippen LogP contribution < -0.4 is 5.73 Å². The van der Waals surface area contributed by atoms with Crippen molar-refractivity contribution in [1.29, 1.82) is 0 Å². The molecular weight excluding hydrogens is 261 g/mol. The van der Waals surface area contributed by atoms with Crippen molar-refractivity contribution in [3.05, 3.63) is 46.5 Å². The molecular formula is C14H16FN3S. The Morgan fingerprint density at radius 3 is 2.37 bits per heavy atom. The molecule has 0 atom stereocenters. The van der Waals surface area contributed by atoms with Crippen molar-refractivity contribution >= 4 is 17.4 Å². The first-order chi connectivity index (χ1) is 8.97. The summed E-state index contributed by atoms with van der Waals surface area (Å²) in [5.74, 6) is 0.245. The number of rotatable bonds is 3. The Hall–Kier alpha value is -1.62. The van der Waals surface area contributed by atoms with Gasteiger partial charge in [-0.1, -0.05) is 17.8 Å². The SMILES string of the molecule is Cc1nc(SCc2ccc(N)c(F)c2)nc(C)c1C. The molecule has 1 heterocycles. The van der Waals surface area contributed by atoms with Gasteiger partial charge in [0.2, 0.25) is 0 Å². The summed E-state index contributed by atoms with van der Waals surface area (Å²) in [4.78, 5) is 8.84. The smallest absolute Gasteiger partial charge is 0.188 e. The number of nitrogens with two attached hydrogens (primary N) is 1. The molecule has 1 aromatic heterocycles. The summed E-state index contributed by atoms with van der Waals surface area (Å²) < 4.78 is 13.3. The minimum absolute atomic E-state index is 0.173. The lowest BCUT2D eigenvalue weighted by molar-refractivity contribution is 0.631. The van der Waals surface area contributed by atoms with E-state index in [0.717, 1.165) is 27.7 Å². The lowest BCUT2D eigenvalue weighted by Crippen LogP contribution is -1.98. The second kappa shape index (κ2) is 5.57. The Kier molecular flexibility index (Phi) is 4.04. The number of nitrogen functional groups attached to an aromatic ring is 1. The third-order valence-corrected chi connectivity index (χ3v) is 3.96. The molecule has 3 nitrogen and oxygen atoms in total. The van der Waals surface area contributed by atoms with Gasteiger partial charge < -0.3 is 5.73 Å². The van der Waals surface area contributed by atoms with Gasteiger partial charge in [0, 0.05) is 17.1 Å². The molecule has 0 fully saturated rings. The molecule has 0 aliphatic rings. The van der Waals surface area contributed by atoms with Crippen molar-refractivity contribution in [2.45, 2.75) is 31.7 Å². The van der Waals surface area contributed by atoms with Crippen LogP contribution in [-0.2, 0) is 5.75 Å². The van der Waals surface area contributed by atoms with E-state index in [9.17, 15) is 4.39 Å². The number of anilines is 1. The van der Waals surface area contributed by atoms with Crippen molar-refractivity contribution in [3.8, 4) is 0 Å². The van der Waals surface area contributed by atoms with Gasteiger partial charge in [-0.25, -0.2) is 14.4 Å². The molecule has 0 unspecified atom stereocenters. The van der Waals surface area contributed by atoms with Gasteiger partial charge in [-0.3, -0.25) is 0 Å². The minimum Gasteiger partial charge on any atom is -0.396 e. The van der Waals surface area contributed by atoms with E-state index in [2.05, 4.69) is 9.97 Å². The van der Waals surface area contributed by atoms with E-state index in [1.807, 2.05) is 26.8 Å². The number of aryl methyl sites for hydroxylation is 2. The normalized spacial score (nSPS) is 10.7. The maximum atomic E-state index is 13.3. The fraction of sp³-hybridized carbons (Fsp3) is 0.286. The molecule has 19 heavy (non-hydrogen) atoms. The van der Waals surface area contributed by atoms with E-state index in [-0.39, 0.29) is 11.5 Å². The molecule has 0 radical (unpaired) electrons. The van der Waals surface area contributed by atoms with Crippen LogP contribution in [0.15, 0.2) is 23.4 Å². The fourth-order valence-electron chi connectivity index (χ4n) is 1.61. The van der Waals surface area contributed by atoms with Gasteiger partial charge in [0.25, 0.3) is 0 Å². The number of benzene rings is 1. The van der Waals surface area contributed by atoms with E-state index in [0.29, 0.717) is 5.75 Å². The van der Waals surface area contributed by atoms with Crippen LogP contribution in [0, 0.1) is 26.6 Å². The molecule has 5 heteroatoms. The molecule has 0 amide bonds. The fourth-order valence-corrected chi connectivity index (χ4v) is 2.49. The quantitative estimate of drug-likeness (QED) is 0.530. The summed E-state index contributed by atoms with van der Waals surface area (Å²) >= 11 is 1.50. The lowest BCUT2D eigenvalue weighted by Gasteiger charge is -2.07. The Labute approximate surface area is 116 Å². The van der Waals surface area contributed by atoms with Gasteiger partial charge in [0.1, 0.15) is 5.82 Å². The van der Waals surface area contributed by atoms with Crippen LogP contribution in [0.25, 0.3) is 0 Å². The molecule has 0 aliphatic carbocycles. The van der Waals surface area contributed by atoms with Crippen molar-refractivity contribution in [3.63, 3.8) is 0 Å². The number of nitrogens with zero attached hydrogens (tertiary/aromatic N) is 2. The average molecular weight is 277 g/mol. The summed E-state index contributed by atoms with van der Waals surface area (Å²) in [5.41, 5.74) is 9.57. The third kappa shape index (κ3) is 3.23. The Morgan fingerprint density at radius 1 is 1.16 bits per heavy atom. The number of aromatic nitrogens is 2. The third-order valence-electron chi connectivity index (χ3n) is 3.04. The molecule has 0 saturated heterocycles. The first-order valence-corrected chi connectivity index (χ1v) is 6.94. The van der Waals surface area contributed by atoms with E-state index < -0.39 is 0 Å². The van der Waals surface area contributed by atoms with Gasteiger partial charge in [-0.05, 0) is 44.0 Å². The Balaban J connectivity index is 2.12. The Morgan fingerprint density at radius 2 is 1.79 bits per heavy atom. The summed E-state index contributed by atoms with van der Waals surface area (Å²) in [6, 6.07) is 4.85. The molecule has 2 N–H and O–H groups in total. The summed E-state index contributed by atoms with van der Waals surface area (Å²) in [7, 11) is 0. The first-order valence-electron chi connectivity index (χ1n) is 5.96. The number of hydrogen-bond acceptors (Lipinski definition) is 4. The molecule has 100 valence electrons. The van der Waals surface area contributed by atoms with E-state index >= 15 is 0 Å². The maximum absolute atomic E-state index is 13.3. The molecule has 0 bridgehead atoms. The highest BCUT2D eigenvalue weighted by molar-refractivity contribution is 7.98. The summed E-state index contributed by atoms with van der Waals surface area (Å²) in [6.07, 6.45) is 0. The Bertz CT molecular complexity index is 591. The van der Waals surface area contributed by atoms with Gasteiger partial charge in [0.05, 0.1) is 5.69 Å². The van der Waals surface area contributed by atoms with Crippen LogP contribution in [0.2, 0.25) is 0 Å². The highest BCUT2D eigenvalue weighted by atomic mass is 32.2. The second-order valence-electron chi connectivity index (χ2n) is 4.45. The number of hydrogen-bond donors (Lipinski definition) is 1. The topological polar surface area (TPSA) is 51.8 Å². The molecule has 0 saturated carbocycles. The van der Waals surface area contributed by atoms with Crippen LogP contribution in [0.1, 0.15) is 22.5 Å². The molecule has 0 spiro atoms. The number of halogens is 1. The standard InChI is InChI=1S/C14H16FN3S/c1-8-9(2)17-14(18-10(8)3)19-7-11-4-5-13(16)12(15)6-11/h4-6H,7,16H2,1-3H3. The molecule has 1 aromatic carbocycles. The molecule has 0 aliphatic heterocycles. The van der Waals surface area contributed by atoms with Gasteiger partial charge >= 0.3 is 0 Å². The second-order valence-corrected chi connectivity index (χ2v) is 5.39. The van der Waals surface area contributed by atoms with Crippen molar-refractivity contribution in [1.82, 2.24) is 9.97 Å². The number of thioether (sulfide) groups is 1. The zero-order valence-electron chi connectivity index (χ0n) is 11.2. The monoisotopic (exact) mass is 277 g/mol. The van der Waals surface area contributed by atoms with Crippen molar-refractivity contribution in [2.75, 3.05) is 5.73 Å². The zero-order valence-corrected chi connectivity index (χ0v) is 12.0. The van der Waals surface area contributed by atoms with Gasteiger partial charge in [-0.15, -0.1) is 0 Å². The molecule has 2 aromatic rings. The first kappa shape index (κ1) is 13.8. The van der Waals surface area contributed by atoms with E-state index in [4.69, 9.17) is 5.73 Å². The van der Waals surface area contributed by atoms with Crippen LogP contribution in [-0.4, -0.2) is 9.97 Å². The van der Waals surface area contributed by atoms with Crippen LogP contribution in [0.4, 0.5) is 10.1 Å². The van der Waals surface area contributed by atoms with Crippen LogP contribution in [0.5, 0.6) is 0 Å². The van der Waals surface area contributed by atoms with Gasteiger partial charge in [0.15, 0.2) is 5.16 Å². The predicted octanol–water partition coefficient (Wildman–Crippen LogP) is 3.42. The minimum atomic E-state index is -0.379. The van der Waals surface area contributed by atoms with Crippen LogP contribution >= 0.6 is 11.8 Å². The highest BCUT2D eigenvalue weighted by Crippen LogP contribution is 2.23. The summed E-state index contributed by atoms with van der Waals surface area (Å²) in [6.45, 7) is 5.95. The average Bonchev–Trinajstić information content (AvgIpc) is 2.37. The highest BCUT2D eigenvalue weighted by Gasteiger charge is 2.06. The van der Waals surface area contributed by atoms with E-state index in [1.165, 1.54) is 17.8 Å². The lowest BCUT2D eigenvalue weighted by atomic mass is 10.2. The van der Waals surface area contributed by atoms with E-state index in [1.54, 1.807) is 6.07 Å². The largest absolute Gasteiger partial charge is 0.396 e. The van der Waals surface area contributed by atoms with Crippen LogP contribution in [0.3, 0.4) is 0 Å². The predicted molar refractivity (Wildman–Crippen MR) is 76.6 cm³/mol. The zero-order chi connectivity index (χ0) is 14.0. The summed E-state index contributed by atoms with van der Waals surface area (Å²) in [5, 5.41) is 0.720. The van der Waals surface area contributed by atoms with Gasteiger partial charge in [-0.2, -0.15) is 0 Å². The van der Waals surface area contributed by atoms with Crippen molar-refractivity contribution in [2.24, 2.45) is 0 Å². The van der Waals surface area contributed by atoms with Crippen molar-refractivity contribution < 1.29 is 4.39 Å².